The van der Waals surface area contributed by atoms with Crippen molar-refractivity contribution in [1.29, 1.82) is 0 Å². The van der Waals surface area contributed by atoms with Crippen LogP contribution in [0, 0.1) is 0 Å². The fraction of sp³-hybridized carbons (Fsp3) is 0.571. The second-order valence-electron chi connectivity index (χ2n) is 7.15. The highest BCUT2D eigenvalue weighted by atomic mass is 32.2. The highest BCUT2D eigenvalue weighted by Crippen LogP contribution is 2.27. The van der Waals surface area contributed by atoms with Crippen LogP contribution in [0.3, 0.4) is 0 Å². The summed E-state index contributed by atoms with van der Waals surface area (Å²) in [6.45, 7) is 9.94. The molecule has 158 valence electrons. The Bertz CT molecular complexity index is 777. The van der Waals surface area contributed by atoms with Crippen LogP contribution in [0.2, 0.25) is 0 Å². The summed E-state index contributed by atoms with van der Waals surface area (Å²) in [5, 5.41) is 12.5. The Hall–Kier alpha value is -2.06. The molecule has 0 unspecified atom stereocenters. The van der Waals surface area contributed by atoms with Gasteiger partial charge in [-0.15, -0.1) is 10.2 Å². The molecule has 0 spiro atoms. The number of anilines is 1. The van der Waals surface area contributed by atoms with Gasteiger partial charge in [0, 0.05) is 19.6 Å². The number of nitrogens with zero attached hydrogens (tertiary/aromatic N) is 4. The lowest BCUT2D eigenvalue weighted by Gasteiger charge is -2.27. The molecule has 1 aromatic heterocycles. The van der Waals surface area contributed by atoms with E-state index in [0.717, 1.165) is 49.1 Å². The van der Waals surface area contributed by atoms with E-state index in [1.807, 2.05) is 25.1 Å². The molecule has 7 nitrogen and oxygen atoms in total. The molecule has 1 N–H and O–H groups in total. The highest BCUT2D eigenvalue weighted by molar-refractivity contribution is 8.00. The molecule has 0 radical (unpaired) electrons. The number of carbonyl (C=O) groups is 1. The molecule has 0 aliphatic carbocycles. The Morgan fingerprint density at radius 1 is 1.21 bits per heavy atom. The lowest BCUT2D eigenvalue weighted by atomic mass is 10.0. The van der Waals surface area contributed by atoms with Crippen LogP contribution < -0.4 is 10.2 Å². The van der Waals surface area contributed by atoms with Crippen molar-refractivity contribution >= 4 is 23.6 Å². The Labute approximate surface area is 177 Å². The largest absolute Gasteiger partial charge is 0.378 e. The van der Waals surface area contributed by atoms with Crippen LogP contribution in [0.1, 0.15) is 45.2 Å². The second-order valence-corrected chi connectivity index (χ2v) is 8.45. The van der Waals surface area contributed by atoms with E-state index in [-0.39, 0.29) is 17.2 Å². The van der Waals surface area contributed by atoms with Gasteiger partial charge in [-0.2, -0.15) is 0 Å². The number of morpholine rings is 1. The number of hydrogen-bond acceptors (Lipinski definition) is 6. The van der Waals surface area contributed by atoms with Gasteiger partial charge in [-0.25, -0.2) is 0 Å². The molecule has 2 aromatic rings. The minimum absolute atomic E-state index is 0.0240. The topological polar surface area (TPSA) is 72.3 Å². The van der Waals surface area contributed by atoms with Crippen molar-refractivity contribution in [1.82, 2.24) is 20.1 Å². The first kappa shape index (κ1) is 21.6. The van der Waals surface area contributed by atoms with Crippen molar-refractivity contribution in [3.05, 3.63) is 35.9 Å². The number of ether oxygens (including phenoxy) is 1. The van der Waals surface area contributed by atoms with Crippen LogP contribution in [0.4, 0.5) is 5.95 Å². The summed E-state index contributed by atoms with van der Waals surface area (Å²) < 4.78 is 7.52. The van der Waals surface area contributed by atoms with Crippen molar-refractivity contribution < 1.29 is 9.53 Å². The molecule has 0 saturated carbocycles. The van der Waals surface area contributed by atoms with Gasteiger partial charge in [0.25, 0.3) is 0 Å². The van der Waals surface area contributed by atoms with Crippen molar-refractivity contribution in [2.24, 2.45) is 0 Å². The Balaban J connectivity index is 1.66. The number of benzene rings is 1. The standard InChI is InChI=1S/C21H31N5O2S/c1-4-9-18(17-10-7-6-8-11-17)22-19(27)16(3)29-21-24-23-20(26(21)5-2)25-12-14-28-15-13-25/h6-8,10-11,16,18H,4-5,9,12-15H2,1-3H3,(H,22,27)/t16-,18+/m1/s1. The van der Waals surface area contributed by atoms with Crippen LogP contribution in [-0.2, 0) is 16.1 Å². The van der Waals surface area contributed by atoms with E-state index in [0.29, 0.717) is 13.2 Å². The van der Waals surface area contributed by atoms with Gasteiger partial charge in [-0.3, -0.25) is 9.36 Å². The van der Waals surface area contributed by atoms with Gasteiger partial charge in [0.2, 0.25) is 11.9 Å². The number of hydrogen-bond donors (Lipinski definition) is 1. The summed E-state index contributed by atoms with van der Waals surface area (Å²) in [5.41, 5.74) is 1.14. The monoisotopic (exact) mass is 417 g/mol. The highest BCUT2D eigenvalue weighted by Gasteiger charge is 2.24. The molecule has 1 aliphatic heterocycles. The molecule has 1 aliphatic rings. The van der Waals surface area contributed by atoms with Crippen molar-refractivity contribution in [3.63, 3.8) is 0 Å². The van der Waals surface area contributed by atoms with E-state index < -0.39 is 0 Å². The zero-order valence-electron chi connectivity index (χ0n) is 17.5. The number of nitrogens with one attached hydrogen (secondary N) is 1. The van der Waals surface area contributed by atoms with E-state index in [2.05, 4.69) is 51.0 Å². The van der Waals surface area contributed by atoms with Crippen molar-refractivity contribution in [2.45, 2.75) is 56.6 Å². The van der Waals surface area contributed by atoms with Gasteiger partial charge in [0.1, 0.15) is 0 Å². The molecule has 1 fully saturated rings. The summed E-state index contributed by atoms with van der Waals surface area (Å²) in [6.07, 6.45) is 1.92. The summed E-state index contributed by atoms with van der Waals surface area (Å²) in [4.78, 5) is 15.1. The van der Waals surface area contributed by atoms with Gasteiger partial charge >= 0.3 is 0 Å². The molecule has 0 bridgehead atoms. The number of carbonyl (C=O) groups excluding carboxylic acids is 1. The fourth-order valence-corrected chi connectivity index (χ4v) is 4.36. The first-order valence-electron chi connectivity index (χ1n) is 10.4. The van der Waals surface area contributed by atoms with E-state index in [9.17, 15) is 4.79 Å². The molecule has 29 heavy (non-hydrogen) atoms. The minimum atomic E-state index is -0.259. The molecule has 8 heteroatoms. The SMILES string of the molecule is CCC[C@H](NC(=O)[C@@H](C)Sc1nnc(N2CCOCC2)n1CC)c1ccccc1. The van der Waals surface area contributed by atoms with Crippen LogP contribution in [0.25, 0.3) is 0 Å². The molecule has 1 aromatic carbocycles. The summed E-state index contributed by atoms with van der Waals surface area (Å²) in [7, 11) is 0. The molecule has 1 saturated heterocycles. The van der Waals surface area contributed by atoms with Gasteiger partial charge in [0.05, 0.1) is 24.5 Å². The number of amides is 1. The molecular weight excluding hydrogens is 386 g/mol. The first-order valence-corrected chi connectivity index (χ1v) is 11.3. The average Bonchev–Trinajstić information content (AvgIpc) is 3.17. The summed E-state index contributed by atoms with van der Waals surface area (Å²) in [5.74, 6) is 0.884. The van der Waals surface area contributed by atoms with Crippen LogP contribution in [-0.4, -0.2) is 52.2 Å². The second kappa shape index (κ2) is 10.6. The molecular formula is C21H31N5O2S. The molecule has 2 atom stereocenters. The minimum Gasteiger partial charge on any atom is -0.378 e. The normalized spacial score (nSPS) is 16.4. The van der Waals surface area contributed by atoms with E-state index >= 15 is 0 Å². The zero-order chi connectivity index (χ0) is 20.6. The van der Waals surface area contributed by atoms with E-state index in [1.54, 1.807) is 0 Å². The smallest absolute Gasteiger partial charge is 0.233 e. The first-order chi connectivity index (χ1) is 14.1. The third kappa shape index (κ3) is 5.51. The predicted octanol–water partition coefficient (Wildman–Crippen LogP) is 3.27. The third-order valence-corrected chi connectivity index (χ3v) is 6.14. The molecule has 3 rings (SSSR count). The van der Waals surface area contributed by atoms with Gasteiger partial charge in [-0.1, -0.05) is 55.4 Å². The quantitative estimate of drug-likeness (QED) is 0.632. The Morgan fingerprint density at radius 2 is 1.93 bits per heavy atom. The fourth-order valence-electron chi connectivity index (χ4n) is 3.44. The van der Waals surface area contributed by atoms with E-state index in [4.69, 9.17) is 4.74 Å². The summed E-state index contributed by atoms with van der Waals surface area (Å²) in [6, 6.07) is 10.2. The maximum atomic E-state index is 12.9. The lowest BCUT2D eigenvalue weighted by molar-refractivity contribution is -0.121. The Kier molecular flexibility index (Phi) is 7.94. The van der Waals surface area contributed by atoms with Gasteiger partial charge in [-0.05, 0) is 25.8 Å². The zero-order valence-corrected chi connectivity index (χ0v) is 18.3. The van der Waals surface area contributed by atoms with E-state index in [1.165, 1.54) is 11.8 Å². The third-order valence-electron chi connectivity index (χ3n) is 5.05. The number of aromatic nitrogens is 3. The van der Waals surface area contributed by atoms with Crippen LogP contribution in [0.15, 0.2) is 35.5 Å². The predicted molar refractivity (Wildman–Crippen MR) is 116 cm³/mol. The van der Waals surface area contributed by atoms with Crippen LogP contribution >= 0.6 is 11.8 Å². The van der Waals surface area contributed by atoms with Crippen molar-refractivity contribution in [2.75, 3.05) is 31.2 Å². The molecule has 1 amide bonds. The average molecular weight is 418 g/mol. The van der Waals surface area contributed by atoms with Crippen molar-refractivity contribution in [3.8, 4) is 0 Å². The maximum absolute atomic E-state index is 12.9. The van der Waals surface area contributed by atoms with Gasteiger partial charge < -0.3 is 15.0 Å². The van der Waals surface area contributed by atoms with Gasteiger partial charge in [0.15, 0.2) is 5.16 Å². The Morgan fingerprint density at radius 3 is 2.59 bits per heavy atom. The van der Waals surface area contributed by atoms with Crippen LogP contribution in [0.5, 0.6) is 0 Å². The number of rotatable bonds is 9. The maximum Gasteiger partial charge on any atom is 0.233 e. The summed E-state index contributed by atoms with van der Waals surface area (Å²) >= 11 is 1.46. The molecule has 2 heterocycles. The number of thioether (sulfide) groups is 1. The lowest BCUT2D eigenvalue weighted by Crippen LogP contribution is -2.38.